The van der Waals surface area contributed by atoms with Crippen molar-refractivity contribution in [1.82, 2.24) is 0 Å². The molecule has 0 unspecified atom stereocenters. The molecule has 1 aromatic rings. The number of carbonyl (C=O) groups excluding carboxylic acids is 1. The van der Waals surface area contributed by atoms with E-state index in [1.807, 2.05) is 19.9 Å². The van der Waals surface area contributed by atoms with Crippen molar-refractivity contribution in [3.63, 3.8) is 0 Å². The summed E-state index contributed by atoms with van der Waals surface area (Å²) in [6, 6.07) is 3.89. The Balaban J connectivity index is 3.48. The molecular weight excluding hydrogens is 250 g/mol. The van der Waals surface area contributed by atoms with Gasteiger partial charge in [-0.05, 0) is 42.7 Å². The Kier molecular flexibility index (Phi) is 5.87. The van der Waals surface area contributed by atoms with Crippen LogP contribution in [0.1, 0.15) is 35.3 Å². The molecule has 4 heteroatoms. The molecule has 0 saturated carbocycles. The lowest BCUT2D eigenvalue weighted by Gasteiger charge is -2.17. The number of nitrogens with two attached hydrogens (primary N) is 1. The van der Waals surface area contributed by atoms with Crippen molar-refractivity contribution in [2.45, 2.75) is 26.4 Å². The molecule has 0 heterocycles. The van der Waals surface area contributed by atoms with E-state index in [0.717, 1.165) is 23.1 Å². The Labute approximate surface area is 119 Å². The van der Waals surface area contributed by atoms with E-state index < -0.39 is 0 Å². The quantitative estimate of drug-likeness (QED) is 0.405. The molecule has 1 rings (SSSR count). The maximum Gasteiger partial charge on any atom is 0.150 e. The zero-order valence-electron chi connectivity index (χ0n) is 11.9. The largest absolute Gasteiger partial charge is 0.383 e. The molecule has 0 radical (unpaired) electrons. The highest BCUT2D eigenvalue weighted by molar-refractivity contribution is 6.09. The Bertz CT molecular complexity index is 545. The molecule has 0 aliphatic heterocycles. The Morgan fingerprint density at radius 2 is 2.20 bits per heavy atom. The van der Waals surface area contributed by atoms with Gasteiger partial charge in [0.2, 0.25) is 0 Å². The lowest BCUT2D eigenvalue weighted by Crippen LogP contribution is -2.15. The average Bonchev–Trinajstić information content (AvgIpc) is 2.43. The van der Waals surface area contributed by atoms with Crippen LogP contribution in [0.15, 0.2) is 30.9 Å². The van der Waals surface area contributed by atoms with Crippen molar-refractivity contribution in [2.24, 2.45) is 5.73 Å². The average molecular weight is 271 g/mol. The molecular formula is C16H21N3O. The van der Waals surface area contributed by atoms with Gasteiger partial charge in [-0.3, -0.25) is 4.79 Å². The first kappa shape index (κ1) is 15.9. The van der Waals surface area contributed by atoms with Crippen molar-refractivity contribution >= 4 is 23.8 Å². The normalized spacial score (nSPS) is 11.3. The number of anilines is 1. The molecule has 0 spiro atoms. The first-order valence-corrected chi connectivity index (χ1v) is 6.49. The molecule has 0 aliphatic carbocycles. The molecule has 0 aromatic heterocycles. The lowest BCUT2D eigenvalue weighted by molar-refractivity contribution is 0.112. The van der Waals surface area contributed by atoms with Gasteiger partial charge >= 0.3 is 0 Å². The molecule has 0 amide bonds. The van der Waals surface area contributed by atoms with Gasteiger partial charge in [0.25, 0.3) is 0 Å². The summed E-state index contributed by atoms with van der Waals surface area (Å²) < 4.78 is 0. The maximum absolute atomic E-state index is 11.3. The van der Waals surface area contributed by atoms with E-state index >= 15 is 0 Å². The molecule has 0 bridgehead atoms. The van der Waals surface area contributed by atoms with Crippen molar-refractivity contribution in [1.29, 1.82) is 5.41 Å². The SMILES string of the molecule is C=C/C=C(\C=N)c1cc(C=O)c(CN)c(NC(C)C)c1. The third-order valence-corrected chi connectivity index (χ3v) is 2.85. The second kappa shape index (κ2) is 7.40. The molecule has 106 valence electrons. The van der Waals surface area contributed by atoms with E-state index in [-0.39, 0.29) is 12.6 Å². The summed E-state index contributed by atoms with van der Waals surface area (Å²) >= 11 is 0. The highest BCUT2D eigenvalue weighted by Gasteiger charge is 2.11. The molecule has 4 nitrogen and oxygen atoms in total. The van der Waals surface area contributed by atoms with Crippen LogP contribution in [0.25, 0.3) is 5.57 Å². The van der Waals surface area contributed by atoms with Crippen LogP contribution in [0.5, 0.6) is 0 Å². The zero-order valence-corrected chi connectivity index (χ0v) is 11.9. The van der Waals surface area contributed by atoms with Crippen molar-refractivity contribution in [3.05, 3.63) is 47.6 Å². The van der Waals surface area contributed by atoms with Gasteiger partial charge in [0.15, 0.2) is 0 Å². The monoisotopic (exact) mass is 271 g/mol. The van der Waals surface area contributed by atoms with Crippen molar-refractivity contribution < 1.29 is 4.79 Å². The maximum atomic E-state index is 11.3. The number of hydrogen-bond donors (Lipinski definition) is 3. The first-order chi connectivity index (χ1) is 9.57. The van der Waals surface area contributed by atoms with Crippen LogP contribution in [0.4, 0.5) is 5.69 Å². The number of benzene rings is 1. The number of aldehydes is 1. The lowest BCUT2D eigenvalue weighted by atomic mass is 9.97. The minimum Gasteiger partial charge on any atom is -0.383 e. The Morgan fingerprint density at radius 1 is 1.50 bits per heavy atom. The van der Waals surface area contributed by atoms with E-state index in [9.17, 15) is 4.79 Å². The highest BCUT2D eigenvalue weighted by Crippen LogP contribution is 2.26. The molecule has 0 atom stereocenters. The van der Waals surface area contributed by atoms with Crippen molar-refractivity contribution in [2.75, 3.05) is 5.32 Å². The summed E-state index contributed by atoms with van der Waals surface area (Å²) in [5, 5.41) is 10.8. The summed E-state index contributed by atoms with van der Waals surface area (Å²) in [6.45, 7) is 7.96. The topological polar surface area (TPSA) is 79.0 Å². The molecule has 0 saturated heterocycles. The van der Waals surface area contributed by atoms with E-state index in [1.54, 1.807) is 18.2 Å². The van der Waals surface area contributed by atoms with Crippen LogP contribution in [0.3, 0.4) is 0 Å². The molecule has 20 heavy (non-hydrogen) atoms. The van der Waals surface area contributed by atoms with Crippen LogP contribution >= 0.6 is 0 Å². The first-order valence-electron chi connectivity index (χ1n) is 6.49. The molecule has 0 fully saturated rings. The second-order valence-electron chi connectivity index (χ2n) is 4.71. The number of hydrogen-bond acceptors (Lipinski definition) is 4. The number of nitrogens with one attached hydrogen (secondary N) is 2. The summed E-state index contributed by atoms with van der Waals surface area (Å²) in [5.74, 6) is 0. The van der Waals surface area contributed by atoms with Crippen molar-refractivity contribution in [3.8, 4) is 0 Å². The smallest absolute Gasteiger partial charge is 0.150 e. The summed E-state index contributed by atoms with van der Waals surface area (Å²) in [4.78, 5) is 11.3. The van der Waals surface area contributed by atoms with Gasteiger partial charge in [0.1, 0.15) is 6.29 Å². The van der Waals surface area contributed by atoms with Crippen LogP contribution in [0, 0.1) is 5.41 Å². The van der Waals surface area contributed by atoms with E-state index in [1.165, 1.54) is 6.21 Å². The van der Waals surface area contributed by atoms with Crippen LogP contribution in [0.2, 0.25) is 0 Å². The predicted octanol–water partition coefficient (Wildman–Crippen LogP) is 3.00. The van der Waals surface area contributed by atoms with E-state index in [2.05, 4.69) is 11.9 Å². The Hall–Kier alpha value is -2.20. The third-order valence-electron chi connectivity index (χ3n) is 2.85. The van der Waals surface area contributed by atoms with Crippen LogP contribution in [-0.2, 0) is 6.54 Å². The van der Waals surface area contributed by atoms with Gasteiger partial charge in [-0.2, -0.15) is 0 Å². The summed E-state index contributed by atoms with van der Waals surface area (Å²) in [7, 11) is 0. The minimum absolute atomic E-state index is 0.224. The van der Waals surface area contributed by atoms with Gasteiger partial charge in [-0.25, -0.2) is 0 Å². The number of rotatable bonds is 7. The predicted molar refractivity (Wildman–Crippen MR) is 85.4 cm³/mol. The van der Waals surface area contributed by atoms with Gasteiger partial charge in [-0.15, -0.1) is 0 Å². The molecule has 0 aliphatic rings. The van der Waals surface area contributed by atoms with Gasteiger partial charge in [0.05, 0.1) is 0 Å². The minimum atomic E-state index is 0.224. The fraction of sp³-hybridized carbons (Fsp3) is 0.250. The standard InChI is InChI=1S/C16H21N3O/c1-4-5-12(8-17)13-6-14(10-20)15(9-18)16(7-13)19-11(2)3/h4-8,10-11,17,19H,1,9,18H2,2-3H3/b12-5+,17-8?. The molecule has 4 N–H and O–H groups in total. The fourth-order valence-corrected chi connectivity index (χ4v) is 1.99. The van der Waals surface area contributed by atoms with Crippen LogP contribution < -0.4 is 11.1 Å². The van der Waals surface area contributed by atoms with Gasteiger partial charge in [0, 0.05) is 30.1 Å². The summed E-state index contributed by atoms with van der Waals surface area (Å²) in [5.41, 5.74) is 9.40. The third kappa shape index (κ3) is 3.65. The molecule has 1 aromatic carbocycles. The Morgan fingerprint density at radius 3 is 2.65 bits per heavy atom. The zero-order chi connectivity index (χ0) is 15.1. The second-order valence-corrected chi connectivity index (χ2v) is 4.71. The van der Waals surface area contributed by atoms with E-state index in [0.29, 0.717) is 11.1 Å². The van der Waals surface area contributed by atoms with Crippen LogP contribution in [-0.4, -0.2) is 18.5 Å². The highest BCUT2D eigenvalue weighted by atomic mass is 16.1. The van der Waals surface area contributed by atoms with Gasteiger partial charge < -0.3 is 16.5 Å². The fourth-order valence-electron chi connectivity index (χ4n) is 1.99. The van der Waals surface area contributed by atoms with Gasteiger partial charge in [-0.1, -0.05) is 18.7 Å². The van der Waals surface area contributed by atoms with E-state index in [4.69, 9.17) is 11.1 Å². The number of allylic oxidation sites excluding steroid dienone is 3. The summed E-state index contributed by atoms with van der Waals surface area (Å²) in [6.07, 6.45) is 5.39. The number of carbonyl (C=O) groups is 1.